The van der Waals surface area contributed by atoms with Gasteiger partial charge in [0, 0.05) is 56.7 Å². The smallest absolute Gasteiger partial charge is 0.234 e. The summed E-state index contributed by atoms with van der Waals surface area (Å²) in [5, 5.41) is 8.43. The first-order valence-electron chi connectivity index (χ1n) is 10.0. The van der Waals surface area contributed by atoms with E-state index in [2.05, 4.69) is 58.7 Å². The Balaban J connectivity index is 1.85. The molecule has 0 radical (unpaired) electrons. The lowest BCUT2D eigenvalue weighted by molar-refractivity contribution is -0.122. The molecule has 8 heteroatoms. The van der Waals surface area contributed by atoms with Crippen molar-refractivity contribution in [3.8, 4) is 0 Å². The molecule has 1 aromatic rings. The molecule has 0 atom stereocenters. The molecule has 158 valence electrons. The molecule has 1 aliphatic heterocycles. The van der Waals surface area contributed by atoms with Crippen LogP contribution >= 0.6 is 11.3 Å². The molecule has 1 amide bonds. The Kier molecular flexibility index (Phi) is 9.21. The third-order valence-corrected chi connectivity index (χ3v) is 6.05. The van der Waals surface area contributed by atoms with E-state index in [1.165, 1.54) is 4.88 Å². The predicted octanol–water partition coefficient (Wildman–Crippen LogP) is 1.37. The van der Waals surface area contributed by atoms with Crippen LogP contribution < -0.4 is 10.6 Å². The van der Waals surface area contributed by atoms with Crippen LogP contribution in [0.5, 0.6) is 0 Å². The Bertz CT molecular complexity index is 610. The summed E-state index contributed by atoms with van der Waals surface area (Å²) in [6.07, 6.45) is 0. The zero-order chi connectivity index (χ0) is 20.4. The molecule has 0 aromatic carbocycles. The lowest BCUT2D eigenvalue weighted by atomic mass is 9.92. The quantitative estimate of drug-likeness (QED) is 0.366. The minimum absolute atomic E-state index is 0.0248. The first-order chi connectivity index (χ1) is 13.5. The predicted molar refractivity (Wildman–Crippen MR) is 116 cm³/mol. The van der Waals surface area contributed by atoms with E-state index in [-0.39, 0.29) is 11.3 Å². The lowest BCUT2D eigenvalue weighted by Crippen LogP contribution is -2.54. The van der Waals surface area contributed by atoms with Crippen LogP contribution in [0.1, 0.15) is 25.6 Å². The number of carbonyl (C=O) groups is 1. The summed E-state index contributed by atoms with van der Waals surface area (Å²) in [7, 11) is 1.64. The molecular formula is C20H35N5O2S. The van der Waals surface area contributed by atoms with Crippen LogP contribution in [0.3, 0.4) is 0 Å². The van der Waals surface area contributed by atoms with Gasteiger partial charge in [-0.1, -0.05) is 19.9 Å². The number of guanidine groups is 1. The maximum absolute atomic E-state index is 12.0. The van der Waals surface area contributed by atoms with Gasteiger partial charge in [-0.15, -0.1) is 11.3 Å². The minimum atomic E-state index is 0.0248. The van der Waals surface area contributed by atoms with E-state index in [1.54, 1.807) is 18.4 Å². The third kappa shape index (κ3) is 7.07. The van der Waals surface area contributed by atoms with Gasteiger partial charge in [0.1, 0.15) is 0 Å². The van der Waals surface area contributed by atoms with Crippen molar-refractivity contribution in [2.24, 2.45) is 4.99 Å². The summed E-state index contributed by atoms with van der Waals surface area (Å²) in [5.41, 5.74) is 0.0248. The molecule has 2 rings (SSSR count). The summed E-state index contributed by atoms with van der Waals surface area (Å²) < 4.78 is 4.96. The van der Waals surface area contributed by atoms with Crippen molar-refractivity contribution in [3.05, 3.63) is 22.4 Å². The first kappa shape index (κ1) is 22.6. The van der Waals surface area contributed by atoms with Crippen LogP contribution in [0.2, 0.25) is 0 Å². The van der Waals surface area contributed by atoms with E-state index in [9.17, 15) is 4.79 Å². The number of ether oxygens (including phenoxy) is 1. The molecule has 0 unspecified atom stereocenters. The van der Waals surface area contributed by atoms with Gasteiger partial charge in [0.25, 0.3) is 0 Å². The second-order valence-electron chi connectivity index (χ2n) is 7.64. The number of nitrogens with zero attached hydrogens (tertiary/aromatic N) is 3. The standard InChI is InChI=1S/C20H35N5O2S/c1-5-21-19(23-16-20(2,3)17-7-6-14-28-17)25-11-9-24(10-12-25)15-18(26)22-8-13-27-4/h6-7,14H,5,8-13,15-16H2,1-4H3,(H,21,23)(H,22,26). The average Bonchev–Trinajstić information content (AvgIpc) is 3.22. The van der Waals surface area contributed by atoms with E-state index >= 15 is 0 Å². The molecule has 1 fully saturated rings. The van der Waals surface area contributed by atoms with E-state index in [0.29, 0.717) is 19.7 Å². The Morgan fingerprint density at radius 3 is 2.64 bits per heavy atom. The van der Waals surface area contributed by atoms with Gasteiger partial charge in [0.2, 0.25) is 5.91 Å². The molecular weight excluding hydrogens is 374 g/mol. The van der Waals surface area contributed by atoms with E-state index < -0.39 is 0 Å². The molecule has 0 bridgehead atoms. The van der Waals surface area contributed by atoms with Gasteiger partial charge in [0.15, 0.2) is 5.96 Å². The van der Waals surface area contributed by atoms with Crippen LogP contribution in [0.25, 0.3) is 0 Å². The van der Waals surface area contributed by atoms with Crippen LogP contribution in [0, 0.1) is 0 Å². The molecule has 0 aliphatic carbocycles. The maximum atomic E-state index is 12.0. The Morgan fingerprint density at radius 1 is 1.29 bits per heavy atom. The highest BCUT2D eigenvalue weighted by molar-refractivity contribution is 7.10. The Hall–Kier alpha value is -1.64. The molecule has 0 saturated carbocycles. The number of methoxy groups -OCH3 is 1. The fraction of sp³-hybridized carbons (Fsp3) is 0.700. The molecule has 1 aliphatic rings. The van der Waals surface area contributed by atoms with Crippen LogP contribution in [-0.4, -0.2) is 87.7 Å². The topological polar surface area (TPSA) is 69.2 Å². The van der Waals surface area contributed by atoms with Crippen molar-refractivity contribution >= 4 is 23.2 Å². The molecule has 2 heterocycles. The SMILES string of the molecule is CCNC(=NCC(C)(C)c1cccs1)N1CCN(CC(=O)NCCOC)CC1. The largest absolute Gasteiger partial charge is 0.383 e. The Labute approximate surface area is 173 Å². The monoisotopic (exact) mass is 409 g/mol. The van der Waals surface area contributed by atoms with Crippen molar-refractivity contribution < 1.29 is 9.53 Å². The van der Waals surface area contributed by atoms with Crippen molar-refractivity contribution in [2.75, 3.05) is 66.1 Å². The number of nitrogens with one attached hydrogen (secondary N) is 2. The average molecular weight is 410 g/mol. The zero-order valence-electron chi connectivity index (χ0n) is 17.7. The molecule has 7 nitrogen and oxygen atoms in total. The normalized spacial score (nSPS) is 16.3. The number of rotatable bonds is 9. The van der Waals surface area contributed by atoms with E-state index in [4.69, 9.17) is 9.73 Å². The number of thiophene rings is 1. The summed E-state index contributed by atoms with van der Waals surface area (Å²) in [5.74, 6) is 1.03. The maximum Gasteiger partial charge on any atom is 0.234 e. The van der Waals surface area contributed by atoms with E-state index in [0.717, 1.165) is 45.2 Å². The highest BCUT2D eigenvalue weighted by Crippen LogP contribution is 2.27. The highest BCUT2D eigenvalue weighted by Gasteiger charge is 2.24. The number of carbonyl (C=O) groups excluding carboxylic acids is 1. The molecule has 28 heavy (non-hydrogen) atoms. The fourth-order valence-electron chi connectivity index (χ4n) is 3.11. The number of hydrogen-bond donors (Lipinski definition) is 2. The van der Waals surface area contributed by atoms with Gasteiger partial charge in [-0.05, 0) is 18.4 Å². The van der Waals surface area contributed by atoms with Crippen molar-refractivity contribution in [3.63, 3.8) is 0 Å². The molecule has 1 aromatic heterocycles. The minimum Gasteiger partial charge on any atom is -0.383 e. The fourth-order valence-corrected chi connectivity index (χ4v) is 3.95. The number of piperazine rings is 1. The van der Waals surface area contributed by atoms with Gasteiger partial charge in [0.05, 0.1) is 19.7 Å². The zero-order valence-corrected chi connectivity index (χ0v) is 18.5. The van der Waals surface area contributed by atoms with Crippen LogP contribution in [0.15, 0.2) is 22.5 Å². The first-order valence-corrected chi connectivity index (χ1v) is 10.9. The summed E-state index contributed by atoms with van der Waals surface area (Å²) in [4.78, 5) is 22.7. The van der Waals surface area contributed by atoms with Crippen molar-refractivity contribution in [1.82, 2.24) is 20.4 Å². The summed E-state index contributed by atoms with van der Waals surface area (Å²) in [6.45, 7) is 13.2. The third-order valence-electron chi connectivity index (χ3n) is 4.81. The summed E-state index contributed by atoms with van der Waals surface area (Å²) >= 11 is 1.79. The second-order valence-corrected chi connectivity index (χ2v) is 8.58. The van der Waals surface area contributed by atoms with Crippen molar-refractivity contribution in [1.29, 1.82) is 0 Å². The van der Waals surface area contributed by atoms with Gasteiger partial charge >= 0.3 is 0 Å². The lowest BCUT2D eigenvalue weighted by Gasteiger charge is -2.36. The highest BCUT2D eigenvalue weighted by atomic mass is 32.1. The molecule has 2 N–H and O–H groups in total. The van der Waals surface area contributed by atoms with E-state index in [1.807, 2.05) is 0 Å². The van der Waals surface area contributed by atoms with Crippen LogP contribution in [0.4, 0.5) is 0 Å². The number of aliphatic imine (C=N–C) groups is 1. The summed E-state index contributed by atoms with van der Waals surface area (Å²) in [6, 6.07) is 4.28. The van der Waals surface area contributed by atoms with Crippen molar-refractivity contribution in [2.45, 2.75) is 26.2 Å². The van der Waals surface area contributed by atoms with Gasteiger partial charge in [-0.3, -0.25) is 14.7 Å². The van der Waals surface area contributed by atoms with Crippen LogP contribution in [-0.2, 0) is 14.9 Å². The number of hydrogen-bond acceptors (Lipinski definition) is 5. The molecule has 0 spiro atoms. The molecule has 1 saturated heterocycles. The Morgan fingerprint density at radius 2 is 2.04 bits per heavy atom. The number of amides is 1. The van der Waals surface area contributed by atoms with Gasteiger partial charge in [-0.25, -0.2) is 0 Å². The van der Waals surface area contributed by atoms with Gasteiger partial charge in [-0.2, -0.15) is 0 Å². The second kappa shape index (κ2) is 11.4. The van der Waals surface area contributed by atoms with Gasteiger partial charge < -0.3 is 20.3 Å².